The smallest absolute Gasteiger partial charge is 0.331 e. The zero-order chi connectivity index (χ0) is 14.9. The molecule has 0 heterocycles. The molecular formula is C16H28O3. The van der Waals surface area contributed by atoms with Gasteiger partial charge in [0.15, 0.2) is 0 Å². The van der Waals surface area contributed by atoms with Crippen LogP contribution in [0.4, 0.5) is 0 Å². The predicted octanol–water partition coefficient (Wildman–Crippen LogP) is 4.20. The number of rotatable bonds is 9. The number of carboxylic acids is 1. The van der Waals surface area contributed by atoms with Crippen LogP contribution in [-0.2, 0) is 9.53 Å². The largest absolute Gasteiger partial charge is 0.478 e. The standard InChI is InChI=1S/C16H28O3/c1-13(10-8-12-16(3,4)19-5)9-6-7-11-14(2)15(17)18/h6-7,11,13H,8-10,12H2,1-5H3,(H,17,18). The molecule has 0 aliphatic heterocycles. The fourth-order valence-electron chi connectivity index (χ4n) is 1.69. The van der Waals surface area contributed by atoms with Crippen molar-refractivity contribution in [2.75, 3.05) is 7.11 Å². The van der Waals surface area contributed by atoms with E-state index in [2.05, 4.69) is 20.8 Å². The van der Waals surface area contributed by atoms with E-state index in [1.807, 2.05) is 12.2 Å². The van der Waals surface area contributed by atoms with Crippen molar-refractivity contribution in [1.82, 2.24) is 0 Å². The van der Waals surface area contributed by atoms with Gasteiger partial charge in [0.2, 0.25) is 0 Å². The summed E-state index contributed by atoms with van der Waals surface area (Å²) in [6.45, 7) is 8.04. The first kappa shape index (κ1) is 17.9. The van der Waals surface area contributed by atoms with E-state index in [9.17, 15) is 4.79 Å². The lowest BCUT2D eigenvalue weighted by molar-refractivity contribution is -0.132. The molecule has 0 saturated carbocycles. The lowest BCUT2D eigenvalue weighted by Crippen LogP contribution is -2.22. The number of allylic oxidation sites excluding steroid dienone is 3. The first-order valence-electron chi connectivity index (χ1n) is 6.90. The molecule has 0 aromatic heterocycles. The third kappa shape index (κ3) is 9.48. The Morgan fingerprint density at radius 1 is 1.42 bits per heavy atom. The Morgan fingerprint density at radius 2 is 2.05 bits per heavy atom. The number of aliphatic carboxylic acids is 1. The van der Waals surface area contributed by atoms with Crippen LogP contribution in [0.5, 0.6) is 0 Å². The van der Waals surface area contributed by atoms with Gasteiger partial charge in [0.1, 0.15) is 0 Å². The Kier molecular flexibility index (Phi) is 8.41. The van der Waals surface area contributed by atoms with E-state index in [1.165, 1.54) is 6.42 Å². The first-order valence-corrected chi connectivity index (χ1v) is 6.90. The molecule has 0 rings (SSSR count). The summed E-state index contributed by atoms with van der Waals surface area (Å²) < 4.78 is 5.39. The molecule has 3 heteroatoms. The quantitative estimate of drug-likeness (QED) is 0.503. The average molecular weight is 268 g/mol. The van der Waals surface area contributed by atoms with E-state index in [4.69, 9.17) is 9.84 Å². The molecule has 0 aromatic carbocycles. The Bertz CT molecular complexity index is 327. The average Bonchev–Trinajstić information content (AvgIpc) is 2.34. The van der Waals surface area contributed by atoms with Gasteiger partial charge in [-0.25, -0.2) is 4.79 Å². The van der Waals surface area contributed by atoms with E-state index in [0.717, 1.165) is 19.3 Å². The maximum Gasteiger partial charge on any atom is 0.331 e. The highest BCUT2D eigenvalue weighted by Gasteiger charge is 2.15. The van der Waals surface area contributed by atoms with Crippen molar-refractivity contribution in [3.8, 4) is 0 Å². The molecule has 1 unspecified atom stereocenters. The number of methoxy groups -OCH3 is 1. The molecule has 1 N–H and O–H groups in total. The van der Waals surface area contributed by atoms with Crippen molar-refractivity contribution in [2.45, 2.75) is 59.0 Å². The highest BCUT2D eigenvalue weighted by Crippen LogP contribution is 2.20. The maximum atomic E-state index is 10.6. The number of hydrogen-bond acceptors (Lipinski definition) is 2. The van der Waals surface area contributed by atoms with E-state index in [-0.39, 0.29) is 5.60 Å². The number of carboxylic acid groups (broad SMARTS) is 1. The van der Waals surface area contributed by atoms with Gasteiger partial charge in [0.25, 0.3) is 0 Å². The summed E-state index contributed by atoms with van der Waals surface area (Å²) in [6.07, 6.45) is 9.88. The van der Waals surface area contributed by atoms with Gasteiger partial charge in [-0.3, -0.25) is 0 Å². The molecule has 0 aliphatic rings. The summed E-state index contributed by atoms with van der Waals surface area (Å²) >= 11 is 0. The van der Waals surface area contributed by atoms with Gasteiger partial charge in [-0.2, -0.15) is 0 Å². The molecule has 1 atom stereocenters. The number of hydrogen-bond donors (Lipinski definition) is 1. The van der Waals surface area contributed by atoms with Crippen molar-refractivity contribution in [2.24, 2.45) is 5.92 Å². The van der Waals surface area contributed by atoms with Crippen molar-refractivity contribution < 1.29 is 14.6 Å². The summed E-state index contributed by atoms with van der Waals surface area (Å²) in [4.78, 5) is 10.6. The summed E-state index contributed by atoms with van der Waals surface area (Å²) in [5.41, 5.74) is 0.336. The molecule has 0 aromatic rings. The maximum absolute atomic E-state index is 10.6. The molecule has 110 valence electrons. The second-order valence-electron chi connectivity index (χ2n) is 5.78. The summed E-state index contributed by atoms with van der Waals surface area (Å²) in [7, 11) is 1.75. The third-order valence-corrected chi connectivity index (χ3v) is 3.39. The van der Waals surface area contributed by atoms with Crippen LogP contribution in [-0.4, -0.2) is 23.8 Å². The zero-order valence-electron chi connectivity index (χ0n) is 12.9. The monoisotopic (exact) mass is 268 g/mol. The third-order valence-electron chi connectivity index (χ3n) is 3.39. The summed E-state index contributed by atoms with van der Waals surface area (Å²) in [5, 5.41) is 8.69. The Balaban J connectivity index is 3.88. The Hall–Kier alpha value is -1.09. The number of ether oxygens (including phenoxy) is 1. The van der Waals surface area contributed by atoms with Crippen LogP contribution >= 0.6 is 0 Å². The summed E-state index contributed by atoms with van der Waals surface area (Å²) in [6, 6.07) is 0. The van der Waals surface area contributed by atoms with Crippen LogP contribution in [0.15, 0.2) is 23.8 Å². The first-order chi connectivity index (χ1) is 8.78. The van der Waals surface area contributed by atoms with Crippen LogP contribution < -0.4 is 0 Å². The predicted molar refractivity (Wildman–Crippen MR) is 79.3 cm³/mol. The molecule has 0 amide bonds. The van der Waals surface area contributed by atoms with Crippen molar-refractivity contribution >= 4 is 5.97 Å². The van der Waals surface area contributed by atoms with Gasteiger partial charge in [-0.1, -0.05) is 38.0 Å². The van der Waals surface area contributed by atoms with Crippen LogP contribution in [0.25, 0.3) is 0 Å². The minimum Gasteiger partial charge on any atom is -0.478 e. The second kappa shape index (κ2) is 8.92. The van der Waals surface area contributed by atoms with Gasteiger partial charge in [-0.05, 0) is 39.5 Å². The molecular weight excluding hydrogens is 240 g/mol. The zero-order valence-corrected chi connectivity index (χ0v) is 12.9. The fraction of sp³-hybridized carbons (Fsp3) is 0.688. The Morgan fingerprint density at radius 3 is 2.58 bits per heavy atom. The highest BCUT2D eigenvalue weighted by molar-refractivity contribution is 5.86. The van der Waals surface area contributed by atoms with Gasteiger partial charge >= 0.3 is 5.97 Å². The molecule has 3 nitrogen and oxygen atoms in total. The fourth-order valence-corrected chi connectivity index (χ4v) is 1.69. The van der Waals surface area contributed by atoms with Gasteiger partial charge in [-0.15, -0.1) is 0 Å². The number of carbonyl (C=O) groups is 1. The molecule has 0 saturated heterocycles. The van der Waals surface area contributed by atoms with E-state index >= 15 is 0 Å². The van der Waals surface area contributed by atoms with Crippen LogP contribution in [0.3, 0.4) is 0 Å². The van der Waals surface area contributed by atoms with Crippen molar-refractivity contribution in [1.29, 1.82) is 0 Å². The minimum atomic E-state index is -0.862. The highest BCUT2D eigenvalue weighted by atomic mass is 16.5. The van der Waals surface area contributed by atoms with Crippen LogP contribution in [0.1, 0.15) is 53.4 Å². The molecule has 0 aliphatic carbocycles. The van der Waals surface area contributed by atoms with Crippen molar-refractivity contribution in [3.05, 3.63) is 23.8 Å². The Labute approximate surface area is 117 Å². The van der Waals surface area contributed by atoms with Gasteiger partial charge in [0, 0.05) is 12.7 Å². The van der Waals surface area contributed by atoms with Crippen LogP contribution in [0.2, 0.25) is 0 Å². The molecule has 0 bridgehead atoms. The topological polar surface area (TPSA) is 46.5 Å². The normalized spacial score (nSPS) is 14.9. The van der Waals surface area contributed by atoms with Crippen molar-refractivity contribution in [3.63, 3.8) is 0 Å². The minimum absolute atomic E-state index is 0.0309. The lowest BCUT2D eigenvalue weighted by atomic mass is 9.95. The lowest BCUT2D eigenvalue weighted by Gasteiger charge is -2.23. The molecule has 0 spiro atoms. The molecule has 19 heavy (non-hydrogen) atoms. The van der Waals surface area contributed by atoms with E-state index < -0.39 is 5.97 Å². The van der Waals surface area contributed by atoms with Gasteiger partial charge in [0.05, 0.1) is 5.60 Å². The van der Waals surface area contributed by atoms with Gasteiger partial charge < -0.3 is 9.84 Å². The van der Waals surface area contributed by atoms with E-state index in [0.29, 0.717) is 11.5 Å². The SMILES string of the molecule is COC(C)(C)CCCC(C)CC=CC=C(C)C(=O)O. The van der Waals surface area contributed by atoms with Crippen LogP contribution in [0, 0.1) is 5.92 Å². The molecule has 0 fully saturated rings. The molecule has 0 radical (unpaired) electrons. The van der Waals surface area contributed by atoms with E-state index in [1.54, 1.807) is 20.1 Å². The summed E-state index contributed by atoms with van der Waals surface area (Å²) in [5.74, 6) is -0.248. The second-order valence-corrected chi connectivity index (χ2v) is 5.78.